The summed E-state index contributed by atoms with van der Waals surface area (Å²) in [6, 6.07) is 0.338. The van der Waals surface area contributed by atoms with E-state index < -0.39 is 0 Å². The lowest BCUT2D eigenvalue weighted by molar-refractivity contribution is 0.0663. The summed E-state index contributed by atoms with van der Waals surface area (Å²) >= 11 is 0. The molecule has 2 heteroatoms. The van der Waals surface area contributed by atoms with Gasteiger partial charge in [-0.3, -0.25) is 0 Å². The van der Waals surface area contributed by atoms with Crippen molar-refractivity contribution in [2.45, 2.75) is 37.8 Å². The molecule has 1 aliphatic heterocycles. The predicted molar refractivity (Wildman–Crippen MR) is 39.7 cm³/mol. The molecule has 3 atom stereocenters. The van der Waals surface area contributed by atoms with Gasteiger partial charge in [-0.15, -0.1) is 0 Å². The van der Waals surface area contributed by atoms with E-state index in [0.29, 0.717) is 18.1 Å². The zero-order chi connectivity index (χ0) is 6.97. The van der Waals surface area contributed by atoms with Crippen LogP contribution >= 0.6 is 0 Å². The molecule has 1 saturated heterocycles. The molecule has 1 saturated carbocycles. The molecule has 58 valence electrons. The standard InChI is InChI=1S/C8H15NO/c9-7-5-10-8-4-2-1-3-6(7)8/h6-8H,1-5,9H2. The van der Waals surface area contributed by atoms with Gasteiger partial charge in [0.2, 0.25) is 0 Å². The van der Waals surface area contributed by atoms with Crippen molar-refractivity contribution < 1.29 is 4.74 Å². The Bertz CT molecular complexity index is 124. The summed E-state index contributed by atoms with van der Waals surface area (Å²) in [5.74, 6) is 0.689. The summed E-state index contributed by atoms with van der Waals surface area (Å²) in [5, 5.41) is 0. The van der Waals surface area contributed by atoms with Crippen molar-refractivity contribution in [3.63, 3.8) is 0 Å². The molecule has 3 unspecified atom stereocenters. The number of fused-ring (bicyclic) bond motifs is 1. The van der Waals surface area contributed by atoms with Crippen LogP contribution in [0.1, 0.15) is 25.7 Å². The average molecular weight is 141 g/mol. The molecule has 0 aromatic heterocycles. The van der Waals surface area contributed by atoms with E-state index in [2.05, 4.69) is 0 Å². The molecular weight excluding hydrogens is 126 g/mol. The van der Waals surface area contributed by atoms with E-state index in [4.69, 9.17) is 10.5 Å². The van der Waals surface area contributed by atoms with Gasteiger partial charge in [0.1, 0.15) is 0 Å². The quantitative estimate of drug-likeness (QED) is 0.544. The second kappa shape index (κ2) is 2.51. The maximum Gasteiger partial charge on any atom is 0.0625 e. The molecule has 2 N–H and O–H groups in total. The third-order valence-electron chi connectivity index (χ3n) is 2.81. The summed E-state index contributed by atoms with van der Waals surface area (Å²) in [6.07, 6.45) is 5.76. The molecule has 0 amide bonds. The number of ether oxygens (including phenoxy) is 1. The van der Waals surface area contributed by atoms with Crippen molar-refractivity contribution in [2.24, 2.45) is 11.7 Å². The van der Waals surface area contributed by atoms with Gasteiger partial charge in [0.25, 0.3) is 0 Å². The molecular formula is C8H15NO. The van der Waals surface area contributed by atoms with Crippen molar-refractivity contribution in [1.29, 1.82) is 0 Å². The Kier molecular flexibility index (Phi) is 1.66. The third-order valence-corrected chi connectivity index (χ3v) is 2.81. The summed E-state index contributed by atoms with van der Waals surface area (Å²) in [6.45, 7) is 0.801. The maximum absolute atomic E-state index is 5.86. The first kappa shape index (κ1) is 6.62. The van der Waals surface area contributed by atoms with Crippen LogP contribution in [0, 0.1) is 5.92 Å². The van der Waals surface area contributed by atoms with Crippen molar-refractivity contribution in [1.82, 2.24) is 0 Å². The van der Waals surface area contributed by atoms with Gasteiger partial charge < -0.3 is 10.5 Å². The second-order valence-electron chi connectivity index (χ2n) is 3.48. The highest BCUT2D eigenvalue weighted by Crippen LogP contribution is 2.33. The molecule has 0 radical (unpaired) electrons. The van der Waals surface area contributed by atoms with Crippen molar-refractivity contribution >= 4 is 0 Å². The fourth-order valence-corrected chi connectivity index (χ4v) is 2.18. The molecule has 0 aromatic rings. The second-order valence-corrected chi connectivity index (χ2v) is 3.48. The highest BCUT2D eigenvalue weighted by Gasteiger charge is 2.36. The molecule has 1 heterocycles. The molecule has 2 fully saturated rings. The monoisotopic (exact) mass is 141 g/mol. The van der Waals surface area contributed by atoms with Crippen molar-refractivity contribution in [3.05, 3.63) is 0 Å². The van der Waals surface area contributed by atoms with Crippen LogP contribution in [-0.2, 0) is 4.74 Å². The first-order chi connectivity index (χ1) is 4.88. The van der Waals surface area contributed by atoms with E-state index in [1.807, 2.05) is 0 Å². The van der Waals surface area contributed by atoms with Crippen LogP contribution in [0.4, 0.5) is 0 Å². The van der Waals surface area contributed by atoms with Crippen LogP contribution in [-0.4, -0.2) is 18.8 Å². The summed E-state index contributed by atoms with van der Waals surface area (Å²) < 4.78 is 5.54. The van der Waals surface area contributed by atoms with Crippen molar-refractivity contribution in [3.8, 4) is 0 Å². The Hall–Kier alpha value is -0.0800. The highest BCUT2D eigenvalue weighted by atomic mass is 16.5. The smallest absolute Gasteiger partial charge is 0.0625 e. The van der Waals surface area contributed by atoms with Gasteiger partial charge in [-0.1, -0.05) is 12.8 Å². The number of hydrogen-bond donors (Lipinski definition) is 1. The minimum Gasteiger partial charge on any atom is -0.376 e. The van der Waals surface area contributed by atoms with Crippen molar-refractivity contribution in [2.75, 3.05) is 6.61 Å². The molecule has 1 aliphatic carbocycles. The van der Waals surface area contributed by atoms with E-state index in [0.717, 1.165) is 6.61 Å². The maximum atomic E-state index is 5.86. The number of rotatable bonds is 0. The van der Waals surface area contributed by atoms with Crippen LogP contribution in [0.25, 0.3) is 0 Å². The van der Waals surface area contributed by atoms with E-state index in [9.17, 15) is 0 Å². The van der Waals surface area contributed by atoms with Gasteiger partial charge in [0, 0.05) is 12.0 Å². The molecule has 0 spiro atoms. The SMILES string of the molecule is NC1COC2CCCCC12. The molecule has 10 heavy (non-hydrogen) atoms. The lowest BCUT2D eigenvalue weighted by atomic mass is 9.84. The molecule has 0 aromatic carbocycles. The molecule has 2 nitrogen and oxygen atoms in total. The van der Waals surface area contributed by atoms with Crippen LogP contribution in [0.15, 0.2) is 0 Å². The van der Waals surface area contributed by atoms with Gasteiger partial charge in [0.15, 0.2) is 0 Å². The lowest BCUT2D eigenvalue weighted by Crippen LogP contribution is -2.33. The zero-order valence-electron chi connectivity index (χ0n) is 6.25. The van der Waals surface area contributed by atoms with E-state index >= 15 is 0 Å². The Morgan fingerprint density at radius 3 is 2.80 bits per heavy atom. The summed E-state index contributed by atoms with van der Waals surface area (Å²) in [7, 11) is 0. The largest absolute Gasteiger partial charge is 0.376 e. The predicted octanol–water partition coefficient (Wildman–Crippen LogP) is 0.903. The highest BCUT2D eigenvalue weighted by molar-refractivity contribution is 4.88. The van der Waals surface area contributed by atoms with Crippen LogP contribution < -0.4 is 5.73 Å². The molecule has 0 bridgehead atoms. The third kappa shape index (κ3) is 0.956. The van der Waals surface area contributed by atoms with Gasteiger partial charge in [-0.05, 0) is 12.8 Å². The minimum atomic E-state index is 0.338. The van der Waals surface area contributed by atoms with Gasteiger partial charge in [-0.25, -0.2) is 0 Å². The van der Waals surface area contributed by atoms with E-state index in [1.54, 1.807) is 0 Å². The Balaban J connectivity index is 2.01. The van der Waals surface area contributed by atoms with Crippen LogP contribution in [0.5, 0.6) is 0 Å². The van der Waals surface area contributed by atoms with Crippen LogP contribution in [0.3, 0.4) is 0 Å². The number of nitrogens with two attached hydrogens (primary N) is 1. The van der Waals surface area contributed by atoms with Crippen LogP contribution in [0.2, 0.25) is 0 Å². The van der Waals surface area contributed by atoms with Gasteiger partial charge >= 0.3 is 0 Å². The fraction of sp³-hybridized carbons (Fsp3) is 1.00. The normalized spacial score (nSPS) is 47.1. The van der Waals surface area contributed by atoms with Gasteiger partial charge in [0.05, 0.1) is 12.7 Å². The van der Waals surface area contributed by atoms with E-state index in [1.165, 1.54) is 25.7 Å². The average Bonchev–Trinajstić information content (AvgIpc) is 2.34. The van der Waals surface area contributed by atoms with E-state index in [-0.39, 0.29) is 0 Å². The lowest BCUT2D eigenvalue weighted by Gasteiger charge is -2.25. The minimum absolute atomic E-state index is 0.338. The first-order valence-electron chi connectivity index (χ1n) is 4.25. The Labute approximate surface area is 61.7 Å². The Morgan fingerprint density at radius 2 is 2.00 bits per heavy atom. The summed E-state index contributed by atoms with van der Waals surface area (Å²) in [4.78, 5) is 0. The zero-order valence-corrected chi connectivity index (χ0v) is 6.25. The molecule has 2 aliphatic rings. The topological polar surface area (TPSA) is 35.2 Å². The van der Waals surface area contributed by atoms with Gasteiger partial charge in [-0.2, -0.15) is 0 Å². The number of hydrogen-bond acceptors (Lipinski definition) is 2. The first-order valence-corrected chi connectivity index (χ1v) is 4.25. The fourth-order valence-electron chi connectivity index (χ4n) is 2.18. The summed E-state index contributed by atoms with van der Waals surface area (Å²) in [5.41, 5.74) is 5.86. The Morgan fingerprint density at radius 1 is 1.20 bits per heavy atom. The molecule has 2 rings (SSSR count).